The Kier molecular flexibility index (Phi) is 4.92. The fourth-order valence-electron chi connectivity index (χ4n) is 2.07. The maximum atomic E-state index is 12.2. The number of furan rings is 1. The molecule has 0 spiro atoms. The highest BCUT2D eigenvalue weighted by Gasteiger charge is 2.15. The monoisotopic (exact) mass is 357 g/mol. The van der Waals surface area contributed by atoms with E-state index in [2.05, 4.69) is 15.0 Å². The van der Waals surface area contributed by atoms with Crippen LogP contribution in [0.5, 0.6) is 0 Å². The molecule has 0 radical (unpaired) electrons. The number of sulfonamides is 1. The summed E-state index contributed by atoms with van der Waals surface area (Å²) >= 11 is 0. The molecular formula is C17H15N3O4S. The third kappa shape index (κ3) is 4.31. The molecule has 25 heavy (non-hydrogen) atoms. The van der Waals surface area contributed by atoms with Crippen LogP contribution < -0.4 is 10.0 Å². The molecule has 2 N–H and O–H groups in total. The van der Waals surface area contributed by atoms with Gasteiger partial charge < -0.3 is 9.73 Å². The van der Waals surface area contributed by atoms with E-state index in [-0.39, 0.29) is 17.3 Å². The van der Waals surface area contributed by atoms with Crippen LogP contribution in [0.1, 0.15) is 16.1 Å². The van der Waals surface area contributed by atoms with Gasteiger partial charge in [0.15, 0.2) is 0 Å². The zero-order chi connectivity index (χ0) is 17.7. The number of rotatable bonds is 6. The van der Waals surface area contributed by atoms with E-state index in [0.717, 1.165) is 0 Å². The Morgan fingerprint density at radius 1 is 1.04 bits per heavy atom. The van der Waals surface area contributed by atoms with Gasteiger partial charge in [-0.1, -0.05) is 6.07 Å². The number of aromatic nitrogens is 1. The minimum Gasteiger partial charge on any atom is -0.468 e. The van der Waals surface area contributed by atoms with Crippen molar-refractivity contribution in [2.45, 2.75) is 11.4 Å². The Labute approximate surface area is 144 Å². The summed E-state index contributed by atoms with van der Waals surface area (Å²) in [6.45, 7) is 0.0528. The van der Waals surface area contributed by atoms with Crippen LogP contribution in [0.3, 0.4) is 0 Å². The number of anilines is 1. The van der Waals surface area contributed by atoms with Crippen molar-refractivity contribution in [3.63, 3.8) is 0 Å². The first kappa shape index (κ1) is 16.9. The minimum absolute atomic E-state index is 0.0528. The minimum atomic E-state index is -3.69. The summed E-state index contributed by atoms with van der Waals surface area (Å²) in [4.78, 5) is 16.2. The summed E-state index contributed by atoms with van der Waals surface area (Å²) in [5, 5.41) is 2.63. The van der Waals surface area contributed by atoms with Gasteiger partial charge in [-0.2, -0.15) is 0 Å². The predicted molar refractivity (Wildman–Crippen MR) is 91.4 cm³/mol. The summed E-state index contributed by atoms with van der Waals surface area (Å²) in [6.07, 6.45) is 3.04. The lowest BCUT2D eigenvalue weighted by Crippen LogP contribution is -2.23. The molecule has 2 heterocycles. The van der Waals surface area contributed by atoms with E-state index >= 15 is 0 Å². The van der Waals surface area contributed by atoms with Crippen molar-refractivity contribution in [1.82, 2.24) is 9.71 Å². The quantitative estimate of drug-likeness (QED) is 0.705. The largest absolute Gasteiger partial charge is 0.468 e. The smallest absolute Gasteiger partial charge is 0.256 e. The summed E-state index contributed by atoms with van der Waals surface area (Å²) in [5.41, 5.74) is 0.329. The van der Waals surface area contributed by atoms with Crippen LogP contribution in [0.25, 0.3) is 0 Å². The van der Waals surface area contributed by atoms with Gasteiger partial charge in [0.05, 0.1) is 17.7 Å². The Balaban J connectivity index is 1.67. The first-order valence-corrected chi connectivity index (χ1v) is 8.87. The van der Waals surface area contributed by atoms with E-state index in [1.165, 1.54) is 30.5 Å². The van der Waals surface area contributed by atoms with Crippen molar-refractivity contribution < 1.29 is 17.6 Å². The molecule has 0 aliphatic carbocycles. The van der Waals surface area contributed by atoms with Crippen LogP contribution >= 0.6 is 0 Å². The highest BCUT2D eigenvalue weighted by Crippen LogP contribution is 2.13. The average Bonchev–Trinajstić information content (AvgIpc) is 3.15. The topological polar surface area (TPSA) is 101 Å². The van der Waals surface area contributed by atoms with Crippen molar-refractivity contribution in [1.29, 1.82) is 0 Å². The second kappa shape index (κ2) is 7.29. The van der Waals surface area contributed by atoms with Crippen molar-refractivity contribution in [3.8, 4) is 0 Å². The number of carbonyl (C=O) groups is 1. The van der Waals surface area contributed by atoms with E-state index < -0.39 is 10.0 Å². The van der Waals surface area contributed by atoms with Crippen molar-refractivity contribution in [3.05, 3.63) is 78.4 Å². The molecule has 0 saturated carbocycles. The van der Waals surface area contributed by atoms with Gasteiger partial charge in [0.1, 0.15) is 11.6 Å². The first-order chi connectivity index (χ1) is 12.0. The van der Waals surface area contributed by atoms with E-state index in [1.807, 2.05) is 0 Å². The van der Waals surface area contributed by atoms with E-state index in [1.54, 1.807) is 36.5 Å². The van der Waals surface area contributed by atoms with Gasteiger partial charge >= 0.3 is 0 Å². The molecule has 3 aromatic rings. The molecular weight excluding hydrogens is 342 g/mol. The summed E-state index contributed by atoms with van der Waals surface area (Å²) < 4.78 is 32.0. The lowest BCUT2D eigenvalue weighted by Gasteiger charge is -2.07. The zero-order valence-corrected chi connectivity index (χ0v) is 13.9. The van der Waals surface area contributed by atoms with Gasteiger partial charge in [-0.25, -0.2) is 18.1 Å². The molecule has 0 atom stereocenters. The molecule has 7 nitrogen and oxygen atoms in total. The molecule has 0 fully saturated rings. The molecule has 1 aromatic carbocycles. The Morgan fingerprint density at radius 2 is 1.84 bits per heavy atom. The zero-order valence-electron chi connectivity index (χ0n) is 13.0. The molecule has 1 amide bonds. The molecule has 8 heteroatoms. The molecule has 0 saturated heterocycles. The fraction of sp³-hybridized carbons (Fsp3) is 0.0588. The number of hydrogen-bond donors (Lipinski definition) is 2. The van der Waals surface area contributed by atoms with Crippen molar-refractivity contribution >= 4 is 21.7 Å². The van der Waals surface area contributed by atoms with Crippen LogP contribution in [-0.4, -0.2) is 19.3 Å². The van der Waals surface area contributed by atoms with Crippen molar-refractivity contribution in [2.24, 2.45) is 0 Å². The molecule has 128 valence electrons. The van der Waals surface area contributed by atoms with Gasteiger partial charge in [0.25, 0.3) is 5.91 Å². The normalized spacial score (nSPS) is 11.2. The van der Waals surface area contributed by atoms with Crippen molar-refractivity contribution in [2.75, 3.05) is 5.32 Å². The standard InChI is InChI=1S/C17H15N3O4S/c21-17(20-16-5-1-2-10-18-16)13-6-8-15(9-7-13)25(22,23)19-12-14-4-3-11-24-14/h1-11,19H,12H2,(H,18,20,21). The Morgan fingerprint density at radius 3 is 2.48 bits per heavy atom. The van der Waals surface area contributed by atoms with Gasteiger partial charge in [-0.05, 0) is 48.5 Å². The van der Waals surface area contributed by atoms with E-state index in [0.29, 0.717) is 17.1 Å². The molecule has 0 aliphatic heterocycles. The predicted octanol–water partition coefficient (Wildman–Crippen LogP) is 2.41. The lowest BCUT2D eigenvalue weighted by atomic mass is 10.2. The Bertz CT molecular complexity index is 937. The number of pyridine rings is 1. The molecule has 0 unspecified atom stereocenters. The van der Waals surface area contributed by atoms with E-state index in [9.17, 15) is 13.2 Å². The Hall–Kier alpha value is -2.97. The number of hydrogen-bond acceptors (Lipinski definition) is 5. The highest BCUT2D eigenvalue weighted by molar-refractivity contribution is 7.89. The maximum Gasteiger partial charge on any atom is 0.256 e. The SMILES string of the molecule is O=C(Nc1ccccn1)c1ccc(S(=O)(=O)NCc2ccco2)cc1. The third-order valence-corrected chi connectivity index (χ3v) is 4.77. The molecule has 0 bridgehead atoms. The third-order valence-electron chi connectivity index (χ3n) is 3.35. The molecule has 3 rings (SSSR count). The van der Waals surface area contributed by atoms with Crippen LogP contribution in [-0.2, 0) is 16.6 Å². The van der Waals surface area contributed by atoms with Crippen LogP contribution in [0.15, 0.2) is 76.4 Å². The van der Waals surface area contributed by atoms with Gasteiger partial charge in [-0.15, -0.1) is 0 Å². The first-order valence-electron chi connectivity index (χ1n) is 7.39. The number of nitrogens with one attached hydrogen (secondary N) is 2. The number of benzene rings is 1. The van der Waals surface area contributed by atoms with Gasteiger partial charge in [0.2, 0.25) is 10.0 Å². The van der Waals surface area contributed by atoms with Gasteiger partial charge in [-0.3, -0.25) is 4.79 Å². The summed E-state index contributed by atoms with van der Waals surface area (Å²) in [7, 11) is -3.69. The summed E-state index contributed by atoms with van der Waals surface area (Å²) in [5.74, 6) is 0.561. The molecule has 2 aromatic heterocycles. The van der Waals surface area contributed by atoms with Crippen LogP contribution in [0.2, 0.25) is 0 Å². The second-order valence-electron chi connectivity index (χ2n) is 5.10. The number of amides is 1. The average molecular weight is 357 g/mol. The van der Waals surface area contributed by atoms with E-state index in [4.69, 9.17) is 4.42 Å². The number of nitrogens with zero attached hydrogens (tertiary/aromatic N) is 1. The fourth-order valence-corrected chi connectivity index (χ4v) is 3.07. The van der Waals surface area contributed by atoms with Crippen LogP contribution in [0, 0.1) is 0 Å². The number of carbonyl (C=O) groups excluding carboxylic acids is 1. The molecule has 0 aliphatic rings. The lowest BCUT2D eigenvalue weighted by molar-refractivity contribution is 0.102. The van der Waals surface area contributed by atoms with Crippen LogP contribution in [0.4, 0.5) is 5.82 Å². The summed E-state index contributed by atoms with van der Waals surface area (Å²) in [6, 6.07) is 14.1. The second-order valence-corrected chi connectivity index (χ2v) is 6.86. The van der Waals surface area contributed by atoms with Gasteiger partial charge in [0, 0.05) is 11.8 Å². The highest BCUT2D eigenvalue weighted by atomic mass is 32.2. The maximum absolute atomic E-state index is 12.2.